The van der Waals surface area contributed by atoms with Gasteiger partial charge in [0.2, 0.25) is 5.82 Å². The molecule has 0 spiro atoms. The van der Waals surface area contributed by atoms with Crippen molar-refractivity contribution in [3.8, 4) is 0 Å². The van der Waals surface area contributed by atoms with Gasteiger partial charge in [-0.2, -0.15) is 4.39 Å². The second-order valence-electron chi connectivity index (χ2n) is 4.65. The number of carbonyl (C=O) groups is 2. The molecule has 8 heteroatoms. The number of halogens is 1. The first-order valence-electron chi connectivity index (χ1n) is 6.45. The van der Waals surface area contributed by atoms with Crippen molar-refractivity contribution in [2.45, 2.75) is 13.5 Å². The predicted molar refractivity (Wildman–Crippen MR) is 70.7 cm³/mol. The monoisotopic (exact) mass is 295 g/mol. The quantitative estimate of drug-likeness (QED) is 0.470. The Balaban J connectivity index is 2.12. The average Bonchev–Trinajstić information content (AvgIpc) is 2.44. The van der Waals surface area contributed by atoms with E-state index in [1.165, 1.54) is 15.9 Å². The number of benzene rings is 1. The lowest BCUT2D eigenvalue weighted by molar-refractivity contribution is -0.387. The van der Waals surface area contributed by atoms with Crippen molar-refractivity contribution in [3.63, 3.8) is 0 Å². The lowest BCUT2D eigenvalue weighted by atomic mass is 10.1. The molecule has 21 heavy (non-hydrogen) atoms. The maximum Gasteiger partial charge on any atom is 0.312 e. The zero-order chi connectivity index (χ0) is 15.6. The van der Waals surface area contributed by atoms with Gasteiger partial charge < -0.3 is 9.80 Å². The Labute approximate surface area is 120 Å². The first kappa shape index (κ1) is 14.9. The summed E-state index contributed by atoms with van der Waals surface area (Å²) in [5.74, 6) is -2.17. The molecule has 0 radical (unpaired) electrons. The van der Waals surface area contributed by atoms with Gasteiger partial charge in [-0.05, 0) is 18.6 Å². The Morgan fingerprint density at radius 3 is 2.43 bits per heavy atom. The predicted octanol–water partition coefficient (Wildman–Crippen LogP) is 0.925. The molecule has 1 heterocycles. The highest BCUT2D eigenvalue weighted by molar-refractivity contribution is 6.35. The fourth-order valence-corrected chi connectivity index (χ4v) is 2.18. The second-order valence-corrected chi connectivity index (χ2v) is 4.65. The highest BCUT2D eigenvalue weighted by atomic mass is 19.1. The Morgan fingerprint density at radius 2 is 1.86 bits per heavy atom. The van der Waals surface area contributed by atoms with Gasteiger partial charge in [0.15, 0.2) is 0 Å². The van der Waals surface area contributed by atoms with Gasteiger partial charge in [-0.3, -0.25) is 19.7 Å². The first-order chi connectivity index (χ1) is 9.93. The van der Waals surface area contributed by atoms with Crippen molar-refractivity contribution in [1.82, 2.24) is 9.80 Å². The van der Waals surface area contributed by atoms with Crippen LogP contribution in [0, 0.1) is 15.9 Å². The molecule has 0 aliphatic carbocycles. The second kappa shape index (κ2) is 5.86. The van der Waals surface area contributed by atoms with Crippen LogP contribution in [0.2, 0.25) is 0 Å². The fourth-order valence-electron chi connectivity index (χ4n) is 2.18. The van der Waals surface area contributed by atoms with Crippen molar-refractivity contribution in [3.05, 3.63) is 39.7 Å². The van der Waals surface area contributed by atoms with E-state index < -0.39 is 28.2 Å². The number of nitro benzene ring substituents is 1. The minimum atomic E-state index is -0.955. The van der Waals surface area contributed by atoms with Gasteiger partial charge >= 0.3 is 17.5 Å². The van der Waals surface area contributed by atoms with Crippen LogP contribution in [0.15, 0.2) is 18.2 Å². The number of nitrogens with zero attached hydrogens (tertiary/aromatic N) is 3. The van der Waals surface area contributed by atoms with E-state index in [-0.39, 0.29) is 6.54 Å². The minimum absolute atomic E-state index is 0.0526. The molecule has 0 bridgehead atoms. The molecule has 0 aromatic heterocycles. The summed E-state index contributed by atoms with van der Waals surface area (Å²) in [5, 5.41) is 10.5. The standard InChI is InChI=1S/C13H14FN3O4/c1-2-15-5-6-16(13(19)12(15)18)8-9-3-4-11(17(20)21)10(14)7-9/h3-4,7H,2,5-6,8H2,1H3. The lowest BCUT2D eigenvalue weighted by Gasteiger charge is -2.33. The third-order valence-electron chi connectivity index (χ3n) is 3.36. The Morgan fingerprint density at radius 1 is 1.24 bits per heavy atom. The van der Waals surface area contributed by atoms with Crippen LogP contribution in [0.5, 0.6) is 0 Å². The van der Waals surface area contributed by atoms with Crippen LogP contribution in [0.25, 0.3) is 0 Å². The highest BCUT2D eigenvalue weighted by Gasteiger charge is 2.31. The number of hydrogen-bond donors (Lipinski definition) is 0. The third-order valence-corrected chi connectivity index (χ3v) is 3.36. The molecule has 1 saturated heterocycles. The molecule has 1 aliphatic heterocycles. The summed E-state index contributed by atoms with van der Waals surface area (Å²) in [7, 11) is 0. The number of piperazine rings is 1. The maximum atomic E-state index is 13.5. The smallest absolute Gasteiger partial charge is 0.312 e. The first-order valence-corrected chi connectivity index (χ1v) is 6.45. The van der Waals surface area contributed by atoms with E-state index in [1.54, 1.807) is 6.92 Å². The van der Waals surface area contributed by atoms with Crippen LogP contribution >= 0.6 is 0 Å². The van der Waals surface area contributed by atoms with Gasteiger partial charge in [-0.15, -0.1) is 0 Å². The molecule has 0 atom stereocenters. The lowest BCUT2D eigenvalue weighted by Crippen LogP contribution is -2.53. The average molecular weight is 295 g/mol. The van der Waals surface area contributed by atoms with E-state index in [4.69, 9.17) is 0 Å². The third kappa shape index (κ3) is 2.99. The van der Waals surface area contributed by atoms with Crippen LogP contribution in [-0.4, -0.2) is 46.2 Å². The number of hydrogen-bond acceptors (Lipinski definition) is 4. The summed E-state index contributed by atoms with van der Waals surface area (Å²) in [5.41, 5.74) is -0.207. The molecule has 0 N–H and O–H groups in total. The summed E-state index contributed by atoms with van der Waals surface area (Å²) in [6.45, 7) is 3.09. The van der Waals surface area contributed by atoms with Gasteiger partial charge in [0.1, 0.15) is 0 Å². The van der Waals surface area contributed by atoms with Crippen molar-refractivity contribution < 1.29 is 18.9 Å². The molecule has 1 aromatic rings. The molecule has 0 saturated carbocycles. The van der Waals surface area contributed by atoms with Crippen molar-refractivity contribution in [2.24, 2.45) is 0 Å². The molecule has 2 rings (SSSR count). The largest absolute Gasteiger partial charge is 0.333 e. The van der Waals surface area contributed by atoms with Crippen LogP contribution < -0.4 is 0 Å². The van der Waals surface area contributed by atoms with E-state index in [1.807, 2.05) is 0 Å². The molecule has 0 unspecified atom stereocenters. The van der Waals surface area contributed by atoms with Gasteiger partial charge in [0.05, 0.1) is 4.92 Å². The van der Waals surface area contributed by atoms with Crippen molar-refractivity contribution >= 4 is 17.5 Å². The fraction of sp³-hybridized carbons (Fsp3) is 0.385. The topological polar surface area (TPSA) is 83.8 Å². The highest BCUT2D eigenvalue weighted by Crippen LogP contribution is 2.19. The molecule has 2 amide bonds. The zero-order valence-corrected chi connectivity index (χ0v) is 11.4. The summed E-state index contributed by atoms with van der Waals surface area (Å²) < 4.78 is 13.5. The van der Waals surface area contributed by atoms with Gasteiger partial charge in [0, 0.05) is 32.2 Å². The summed E-state index contributed by atoms with van der Waals surface area (Å²) >= 11 is 0. The number of amides is 2. The number of nitro groups is 1. The van der Waals surface area contributed by atoms with Crippen molar-refractivity contribution in [1.29, 1.82) is 0 Å². The molecule has 1 fully saturated rings. The summed E-state index contributed by atoms with van der Waals surface area (Å²) in [6.07, 6.45) is 0. The van der Waals surface area contributed by atoms with E-state index in [0.29, 0.717) is 25.2 Å². The Hall–Kier alpha value is -2.51. The number of rotatable bonds is 4. The molecular weight excluding hydrogens is 281 g/mol. The molecular formula is C13H14FN3O4. The van der Waals surface area contributed by atoms with E-state index in [9.17, 15) is 24.1 Å². The minimum Gasteiger partial charge on any atom is -0.333 e. The SMILES string of the molecule is CCN1CCN(Cc2ccc([N+](=O)[O-])c(F)c2)C(=O)C1=O. The molecule has 1 aliphatic rings. The van der Waals surface area contributed by atoms with E-state index >= 15 is 0 Å². The van der Waals surface area contributed by atoms with Gasteiger partial charge in [-0.1, -0.05) is 6.07 Å². The zero-order valence-electron chi connectivity index (χ0n) is 11.4. The summed E-state index contributed by atoms with van der Waals surface area (Å²) in [6, 6.07) is 3.45. The molecule has 7 nitrogen and oxygen atoms in total. The number of likely N-dealkylation sites (N-methyl/N-ethyl adjacent to an activating group) is 1. The molecule has 1 aromatic carbocycles. The Kier molecular flexibility index (Phi) is 4.15. The normalized spacial score (nSPS) is 15.5. The number of carbonyl (C=O) groups excluding carboxylic acids is 2. The van der Waals surface area contributed by atoms with Crippen molar-refractivity contribution in [2.75, 3.05) is 19.6 Å². The van der Waals surface area contributed by atoms with Crippen LogP contribution in [0.3, 0.4) is 0 Å². The van der Waals surface area contributed by atoms with Crippen LogP contribution in [-0.2, 0) is 16.1 Å². The molecule has 112 valence electrons. The van der Waals surface area contributed by atoms with Gasteiger partial charge in [-0.25, -0.2) is 0 Å². The van der Waals surface area contributed by atoms with E-state index in [2.05, 4.69) is 0 Å². The maximum absolute atomic E-state index is 13.5. The van der Waals surface area contributed by atoms with E-state index in [0.717, 1.165) is 12.1 Å². The van der Waals surface area contributed by atoms with Gasteiger partial charge in [0.25, 0.3) is 0 Å². The van der Waals surface area contributed by atoms with Crippen LogP contribution in [0.4, 0.5) is 10.1 Å². The Bertz CT molecular complexity index is 605. The van der Waals surface area contributed by atoms with Crippen LogP contribution in [0.1, 0.15) is 12.5 Å². The summed E-state index contributed by atoms with van der Waals surface area (Å²) in [4.78, 5) is 36.1.